The van der Waals surface area contributed by atoms with E-state index in [1.807, 2.05) is 31.2 Å². The lowest BCUT2D eigenvalue weighted by molar-refractivity contribution is -0.0424. The zero-order valence-electron chi connectivity index (χ0n) is 10.3. The van der Waals surface area contributed by atoms with Crippen LogP contribution in [0.25, 0.3) is 11.0 Å². The van der Waals surface area contributed by atoms with Crippen LogP contribution in [0.4, 0.5) is 5.95 Å². The van der Waals surface area contributed by atoms with Crippen LogP contribution in [0.15, 0.2) is 24.3 Å². The van der Waals surface area contributed by atoms with Crippen molar-refractivity contribution in [2.45, 2.75) is 19.1 Å². The first-order valence-electron chi connectivity index (χ1n) is 6.22. The van der Waals surface area contributed by atoms with Crippen LogP contribution < -0.4 is 4.90 Å². The third kappa shape index (κ3) is 2.07. The predicted molar refractivity (Wildman–Crippen MR) is 69.7 cm³/mol. The SMILES string of the molecule is CC1CN(c2nc3ccccc3[nH]2)CC(CO)O1. The Morgan fingerprint density at radius 2 is 2.28 bits per heavy atom. The number of aromatic nitrogens is 2. The first-order valence-corrected chi connectivity index (χ1v) is 6.22. The number of aliphatic hydroxyl groups is 1. The quantitative estimate of drug-likeness (QED) is 0.835. The van der Waals surface area contributed by atoms with Crippen molar-refractivity contribution >= 4 is 17.0 Å². The molecule has 1 saturated heterocycles. The van der Waals surface area contributed by atoms with Crippen LogP contribution in [0.3, 0.4) is 0 Å². The number of nitrogens with zero attached hydrogens (tertiary/aromatic N) is 2. The summed E-state index contributed by atoms with van der Waals surface area (Å²) in [6.07, 6.45) is -0.0360. The highest BCUT2D eigenvalue weighted by atomic mass is 16.5. The van der Waals surface area contributed by atoms with Gasteiger partial charge in [-0.05, 0) is 19.1 Å². The monoisotopic (exact) mass is 247 g/mol. The van der Waals surface area contributed by atoms with Crippen LogP contribution in [-0.4, -0.2) is 47.0 Å². The molecule has 18 heavy (non-hydrogen) atoms. The van der Waals surface area contributed by atoms with Crippen molar-refractivity contribution < 1.29 is 9.84 Å². The lowest BCUT2D eigenvalue weighted by Crippen LogP contribution is -2.48. The van der Waals surface area contributed by atoms with Gasteiger partial charge in [-0.25, -0.2) is 4.98 Å². The number of nitrogens with one attached hydrogen (secondary N) is 1. The second kappa shape index (κ2) is 4.59. The second-order valence-corrected chi connectivity index (χ2v) is 4.73. The molecule has 0 radical (unpaired) electrons. The fourth-order valence-corrected chi connectivity index (χ4v) is 2.41. The van der Waals surface area contributed by atoms with Gasteiger partial charge >= 0.3 is 0 Å². The minimum absolute atomic E-state index is 0.0427. The molecule has 0 bridgehead atoms. The second-order valence-electron chi connectivity index (χ2n) is 4.73. The largest absolute Gasteiger partial charge is 0.394 e. The summed E-state index contributed by atoms with van der Waals surface area (Å²) in [7, 11) is 0. The van der Waals surface area contributed by atoms with Crippen molar-refractivity contribution in [3.05, 3.63) is 24.3 Å². The minimum atomic E-state index is -0.137. The molecular formula is C13H17N3O2. The molecule has 1 aromatic carbocycles. The normalized spacial score (nSPS) is 24.7. The molecule has 5 nitrogen and oxygen atoms in total. The Bertz CT molecular complexity index is 507. The van der Waals surface area contributed by atoms with Crippen LogP contribution in [0.5, 0.6) is 0 Å². The third-order valence-corrected chi connectivity index (χ3v) is 3.21. The number of para-hydroxylation sites is 2. The molecule has 0 saturated carbocycles. The maximum atomic E-state index is 9.23. The van der Waals surface area contributed by atoms with E-state index in [0.717, 1.165) is 23.5 Å². The first kappa shape index (κ1) is 11.5. The van der Waals surface area contributed by atoms with Gasteiger partial charge in [-0.1, -0.05) is 12.1 Å². The molecule has 0 spiro atoms. The van der Waals surface area contributed by atoms with Gasteiger partial charge in [0, 0.05) is 13.1 Å². The number of morpholine rings is 1. The van der Waals surface area contributed by atoms with Crippen LogP contribution in [0.2, 0.25) is 0 Å². The van der Waals surface area contributed by atoms with Crippen LogP contribution >= 0.6 is 0 Å². The number of hydrogen-bond donors (Lipinski definition) is 2. The number of ether oxygens (including phenoxy) is 1. The molecule has 1 aromatic heterocycles. The zero-order chi connectivity index (χ0) is 12.5. The molecule has 2 unspecified atom stereocenters. The van der Waals surface area contributed by atoms with E-state index in [4.69, 9.17) is 4.74 Å². The lowest BCUT2D eigenvalue weighted by Gasteiger charge is -2.35. The van der Waals surface area contributed by atoms with E-state index >= 15 is 0 Å². The van der Waals surface area contributed by atoms with Crippen molar-refractivity contribution in [2.24, 2.45) is 0 Å². The number of hydrogen-bond acceptors (Lipinski definition) is 4. The molecule has 1 aliphatic rings. The van der Waals surface area contributed by atoms with E-state index in [1.165, 1.54) is 0 Å². The highest BCUT2D eigenvalue weighted by Crippen LogP contribution is 2.20. The maximum Gasteiger partial charge on any atom is 0.204 e. The summed E-state index contributed by atoms with van der Waals surface area (Å²) >= 11 is 0. The fraction of sp³-hybridized carbons (Fsp3) is 0.462. The number of benzene rings is 1. The molecule has 5 heteroatoms. The van der Waals surface area contributed by atoms with Crippen molar-refractivity contribution in [3.63, 3.8) is 0 Å². The third-order valence-electron chi connectivity index (χ3n) is 3.21. The summed E-state index contributed by atoms with van der Waals surface area (Å²) in [5, 5.41) is 9.23. The number of anilines is 1. The zero-order valence-corrected chi connectivity index (χ0v) is 10.3. The minimum Gasteiger partial charge on any atom is -0.394 e. The molecule has 2 heterocycles. The van der Waals surface area contributed by atoms with Gasteiger partial charge in [-0.15, -0.1) is 0 Å². The summed E-state index contributed by atoms with van der Waals surface area (Å²) in [4.78, 5) is 10.0. The van der Waals surface area contributed by atoms with Gasteiger partial charge in [0.15, 0.2) is 0 Å². The van der Waals surface area contributed by atoms with Gasteiger partial charge in [0.05, 0.1) is 29.8 Å². The van der Waals surface area contributed by atoms with Gasteiger partial charge in [-0.3, -0.25) is 0 Å². The molecule has 0 amide bonds. The van der Waals surface area contributed by atoms with Gasteiger partial charge in [-0.2, -0.15) is 0 Å². The van der Waals surface area contributed by atoms with E-state index in [9.17, 15) is 5.11 Å². The Balaban J connectivity index is 1.88. The van der Waals surface area contributed by atoms with Crippen molar-refractivity contribution in [1.29, 1.82) is 0 Å². The molecule has 1 fully saturated rings. The number of H-pyrrole nitrogens is 1. The predicted octanol–water partition coefficient (Wildman–Crippen LogP) is 1.15. The summed E-state index contributed by atoms with van der Waals surface area (Å²) in [6, 6.07) is 7.97. The molecule has 0 aliphatic carbocycles. The summed E-state index contributed by atoms with van der Waals surface area (Å²) in [5.74, 6) is 0.852. The van der Waals surface area contributed by atoms with Gasteiger partial charge in [0.25, 0.3) is 0 Å². The summed E-state index contributed by atoms with van der Waals surface area (Å²) < 4.78 is 5.63. The van der Waals surface area contributed by atoms with E-state index < -0.39 is 0 Å². The highest BCUT2D eigenvalue weighted by molar-refractivity contribution is 5.77. The molecule has 3 rings (SSSR count). The summed E-state index contributed by atoms with van der Waals surface area (Å²) in [5.41, 5.74) is 2.00. The molecule has 1 aliphatic heterocycles. The van der Waals surface area contributed by atoms with Gasteiger partial charge in [0.2, 0.25) is 5.95 Å². The van der Waals surface area contributed by atoms with Gasteiger partial charge in [0.1, 0.15) is 0 Å². The van der Waals surface area contributed by atoms with Crippen molar-refractivity contribution in [2.75, 3.05) is 24.6 Å². The Hall–Kier alpha value is -1.59. The topological polar surface area (TPSA) is 61.4 Å². The van der Waals surface area contributed by atoms with Crippen LogP contribution in [0, 0.1) is 0 Å². The average molecular weight is 247 g/mol. The average Bonchev–Trinajstić information content (AvgIpc) is 2.81. The maximum absolute atomic E-state index is 9.23. The number of aromatic amines is 1. The van der Waals surface area contributed by atoms with E-state index in [1.54, 1.807) is 0 Å². The number of aliphatic hydroxyl groups excluding tert-OH is 1. The summed E-state index contributed by atoms with van der Waals surface area (Å²) in [6.45, 7) is 3.51. The number of imidazole rings is 1. The number of rotatable bonds is 2. The van der Waals surface area contributed by atoms with E-state index in [-0.39, 0.29) is 18.8 Å². The van der Waals surface area contributed by atoms with Crippen molar-refractivity contribution in [3.8, 4) is 0 Å². The Morgan fingerprint density at radius 1 is 1.44 bits per heavy atom. The van der Waals surface area contributed by atoms with E-state index in [0.29, 0.717) is 6.54 Å². The molecule has 2 N–H and O–H groups in total. The lowest BCUT2D eigenvalue weighted by atomic mass is 10.2. The molecule has 2 atom stereocenters. The molecule has 96 valence electrons. The Labute approximate surface area is 105 Å². The molecule has 2 aromatic rings. The first-order chi connectivity index (χ1) is 8.76. The molecular weight excluding hydrogens is 230 g/mol. The van der Waals surface area contributed by atoms with Gasteiger partial charge < -0.3 is 19.7 Å². The number of fused-ring (bicyclic) bond motifs is 1. The Morgan fingerprint density at radius 3 is 3.06 bits per heavy atom. The van der Waals surface area contributed by atoms with Crippen molar-refractivity contribution in [1.82, 2.24) is 9.97 Å². The Kier molecular flexibility index (Phi) is 2.93. The van der Waals surface area contributed by atoms with Crippen LogP contribution in [0.1, 0.15) is 6.92 Å². The standard InChI is InChI=1S/C13H17N3O2/c1-9-6-16(7-10(8-17)18-9)13-14-11-4-2-3-5-12(11)15-13/h2-5,9-10,17H,6-8H2,1H3,(H,14,15). The van der Waals surface area contributed by atoms with Crippen LogP contribution in [-0.2, 0) is 4.74 Å². The highest BCUT2D eigenvalue weighted by Gasteiger charge is 2.26. The fourth-order valence-electron chi connectivity index (χ4n) is 2.41. The smallest absolute Gasteiger partial charge is 0.204 e. The van der Waals surface area contributed by atoms with E-state index in [2.05, 4.69) is 14.9 Å².